The average Bonchev–Trinajstić information content (AvgIpc) is 3.02. The van der Waals surface area contributed by atoms with Gasteiger partial charge in [-0.2, -0.15) is 0 Å². The quantitative estimate of drug-likeness (QED) is 0.793. The molecule has 5 nitrogen and oxygen atoms in total. The number of rotatable bonds is 4. The lowest BCUT2D eigenvalue weighted by Gasteiger charge is -2.29. The Labute approximate surface area is 153 Å². The molecule has 0 bridgehead atoms. The van der Waals surface area contributed by atoms with Crippen molar-refractivity contribution >= 4 is 25.4 Å². The summed E-state index contributed by atoms with van der Waals surface area (Å²) in [7, 11) is -7.15. The number of anilines is 1. The third-order valence-electron chi connectivity index (χ3n) is 4.58. The molecular weight excluding hydrogens is 377 g/mol. The van der Waals surface area contributed by atoms with Crippen LogP contribution in [-0.2, 0) is 19.7 Å². The Morgan fingerprint density at radius 3 is 2.19 bits per heavy atom. The maximum Gasteiger partial charge on any atom is 0.177 e. The average molecular weight is 397 g/mol. The second-order valence-corrected chi connectivity index (χ2v) is 10.6. The molecule has 1 saturated heterocycles. The lowest BCUT2D eigenvalue weighted by atomic mass is 10.0. The summed E-state index contributed by atoms with van der Waals surface area (Å²) in [6, 6.07) is 10.3. The van der Waals surface area contributed by atoms with Crippen molar-refractivity contribution in [2.75, 3.05) is 24.0 Å². The van der Waals surface area contributed by atoms with Crippen LogP contribution in [0.2, 0.25) is 0 Å². The Morgan fingerprint density at radius 2 is 1.62 bits per heavy atom. The van der Waals surface area contributed by atoms with Crippen molar-refractivity contribution in [2.24, 2.45) is 0 Å². The van der Waals surface area contributed by atoms with Crippen LogP contribution in [0.1, 0.15) is 24.4 Å². The van der Waals surface area contributed by atoms with Gasteiger partial charge in [0.15, 0.2) is 19.7 Å². The fourth-order valence-corrected chi connectivity index (χ4v) is 4.97. The molecule has 0 saturated carbocycles. The zero-order valence-corrected chi connectivity index (χ0v) is 16.1. The van der Waals surface area contributed by atoms with E-state index in [4.69, 9.17) is 0 Å². The Morgan fingerprint density at radius 1 is 0.962 bits per heavy atom. The van der Waals surface area contributed by atoms with Crippen molar-refractivity contribution in [3.63, 3.8) is 0 Å². The Balaban J connectivity index is 2.11. The van der Waals surface area contributed by atoms with Gasteiger partial charge in [-0.25, -0.2) is 21.2 Å². The molecule has 2 aromatic carbocycles. The summed E-state index contributed by atoms with van der Waals surface area (Å²) in [5, 5.41) is 0. The van der Waals surface area contributed by atoms with E-state index in [1.54, 1.807) is 18.2 Å². The molecule has 26 heavy (non-hydrogen) atoms. The minimum absolute atomic E-state index is 0.00515. The molecule has 1 aliphatic rings. The number of hydrogen-bond acceptors (Lipinski definition) is 5. The molecule has 3 rings (SSSR count). The van der Waals surface area contributed by atoms with E-state index in [-0.39, 0.29) is 21.7 Å². The van der Waals surface area contributed by atoms with Gasteiger partial charge in [0.05, 0.1) is 21.5 Å². The van der Waals surface area contributed by atoms with Crippen LogP contribution < -0.4 is 4.90 Å². The van der Waals surface area contributed by atoms with Crippen LogP contribution in [0.25, 0.3) is 0 Å². The predicted octanol–water partition coefficient (Wildman–Crippen LogP) is 2.97. The highest BCUT2D eigenvalue weighted by molar-refractivity contribution is 7.91. The normalized spacial score (nSPS) is 18.3. The second kappa shape index (κ2) is 6.66. The van der Waals surface area contributed by atoms with Gasteiger partial charge in [-0.15, -0.1) is 0 Å². The number of nitrogens with zero attached hydrogens (tertiary/aromatic N) is 1. The third kappa shape index (κ3) is 3.76. The molecule has 8 heteroatoms. The number of benzene rings is 2. The Bertz CT molecular complexity index is 1030. The maximum atomic E-state index is 13.2. The fraction of sp³-hybridized carbons (Fsp3) is 0.333. The van der Waals surface area contributed by atoms with E-state index >= 15 is 0 Å². The van der Waals surface area contributed by atoms with E-state index in [1.165, 1.54) is 24.3 Å². The summed E-state index contributed by atoms with van der Waals surface area (Å²) >= 11 is 0. The van der Waals surface area contributed by atoms with Gasteiger partial charge in [-0.05, 0) is 48.7 Å². The van der Waals surface area contributed by atoms with Crippen molar-refractivity contribution in [2.45, 2.75) is 28.7 Å². The molecule has 1 heterocycles. The van der Waals surface area contributed by atoms with Gasteiger partial charge < -0.3 is 4.90 Å². The fourth-order valence-electron chi connectivity index (χ4n) is 3.35. The van der Waals surface area contributed by atoms with Crippen molar-refractivity contribution < 1.29 is 21.2 Å². The van der Waals surface area contributed by atoms with Gasteiger partial charge in [0.1, 0.15) is 5.82 Å². The lowest BCUT2D eigenvalue weighted by Crippen LogP contribution is -2.24. The van der Waals surface area contributed by atoms with Crippen molar-refractivity contribution in [1.82, 2.24) is 0 Å². The van der Waals surface area contributed by atoms with Crippen LogP contribution >= 0.6 is 0 Å². The first-order valence-electron chi connectivity index (χ1n) is 8.13. The minimum Gasteiger partial charge on any atom is -0.363 e. The first-order valence-corrected chi connectivity index (χ1v) is 11.9. The monoisotopic (exact) mass is 397 g/mol. The van der Waals surface area contributed by atoms with E-state index in [1.807, 2.05) is 4.90 Å². The zero-order valence-electron chi connectivity index (χ0n) is 14.5. The van der Waals surface area contributed by atoms with Crippen LogP contribution in [0, 0.1) is 5.82 Å². The SMILES string of the molecule is CS(=O)(=O)c1ccc(N2CCC[C@H]2c2ccc(F)cc2)c(S(C)(=O)=O)c1. The molecule has 0 aliphatic carbocycles. The summed E-state index contributed by atoms with van der Waals surface area (Å²) in [5.74, 6) is -0.326. The molecule has 0 N–H and O–H groups in total. The molecule has 140 valence electrons. The van der Waals surface area contributed by atoms with Gasteiger partial charge in [0.2, 0.25) is 0 Å². The summed E-state index contributed by atoms with van der Waals surface area (Å²) in [5.41, 5.74) is 1.38. The molecular formula is C18H20FNO4S2. The topological polar surface area (TPSA) is 71.5 Å². The van der Waals surface area contributed by atoms with E-state index < -0.39 is 19.7 Å². The predicted molar refractivity (Wildman–Crippen MR) is 98.4 cm³/mol. The molecule has 0 spiro atoms. The van der Waals surface area contributed by atoms with Crippen molar-refractivity contribution in [1.29, 1.82) is 0 Å². The van der Waals surface area contributed by atoms with E-state index in [9.17, 15) is 21.2 Å². The smallest absolute Gasteiger partial charge is 0.177 e. The van der Waals surface area contributed by atoms with Gasteiger partial charge >= 0.3 is 0 Å². The highest BCUT2D eigenvalue weighted by atomic mass is 32.2. The second-order valence-electron chi connectivity index (χ2n) is 6.58. The molecule has 1 fully saturated rings. The van der Waals surface area contributed by atoms with Gasteiger partial charge in [-0.1, -0.05) is 12.1 Å². The van der Waals surface area contributed by atoms with Crippen LogP contribution in [0.15, 0.2) is 52.3 Å². The van der Waals surface area contributed by atoms with E-state index in [0.717, 1.165) is 30.9 Å². The lowest BCUT2D eigenvalue weighted by molar-refractivity contribution is 0.599. The summed E-state index contributed by atoms with van der Waals surface area (Å²) in [4.78, 5) is 1.92. The van der Waals surface area contributed by atoms with Gasteiger partial charge in [0.25, 0.3) is 0 Å². The first-order chi connectivity index (χ1) is 12.1. The molecule has 1 atom stereocenters. The third-order valence-corrected chi connectivity index (χ3v) is 6.81. The molecule has 0 aromatic heterocycles. The van der Waals surface area contributed by atoms with Crippen molar-refractivity contribution in [3.8, 4) is 0 Å². The highest BCUT2D eigenvalue weighted by Gasteiger charge is 2.30. The molecule has 0 unspecified atom stereocenters. The highest BCUT2D eigenvalue weighted by Crippen LogP contribution is 2.39. The Hall–Kier alpha value is -1.93. The van der Waals surface area contributed by atoms with Crippen LogP contribution in [0.5, 0.6) is 0 Å². The molecule has 0 radical (unpaired) electrons. The molecule has 2 aromatic rings. The zero-order chi connectivity index (χ0) is 19.1. The van der Waals surface area contributed by atoms with Gasteiger partial charge in [-0.3, -0.25) is 0 Å². The number of sulfone groups is 2. The summed E-state index contributed by atoms with van der Waals surface area (Å²) in [6.07, 6.45) is 3.79. The van der Waals surface area contributed by atoms with Crippen LogP contribution in [-0.4, -0.2) is 35.9 Å². The molecule has 1 aliphatic heterocycles. The number of hydrogen-bond donors (Lipinski definition) is 0. The van der Waals surface area contributed by atoms with Crippen LogP contribution in [0.3, 0.4) is 0 Å². The maximum absolute atomic E-state index is 13.2. The van der Waals surface area contributed by atoms with Gasteiger partial charge in [0, 0.05) is 19.1 Å². The summed E-state index contributed by atoms with van der Waals surface area (Å²) in [6.45, 7) is 0.642. The van der Waals surface area contributed by atoms with E-state index in [0.29, 0.717) is 12.2 Å². The van der Waals surface area contributed by atoms with Crippen molar-refractivity contribution in [3.05, 3.63) is 53.8 Å². The largest absolute Gasteiger partial charge is 0.363 e. The molecule has 0 amide bonds. The van der Waals surface area contributed by atoms with Crippen LogP contribution in [0.4, 0.5) is 10.1 Å². The standard InChI is InChI=1S/C18H20FNO4S2/c1-25(21,22)15-9-10-17(18(12-15)26(2,23)24)20-11-3-4-16(20)13-5-7-14(19)8-6-13/h5-10,12,16H,3-4,11H2,1-2H3/t16-/m0/s1. The first kappa shape index (κ1) is 18.8. The number of halogens is 1. The van der Waals surface area contributed by atoms with E-state index in [2.05, 4.69) is 0 Å². The Kier molecular flexibility index (Phi) is 4.83. The minimum atomic E-state index is -3.63. The summed E-state index contributed by atoms with van der Waals surface area (Å²) < 4.78 is 61.5.